The molecule has 2 heteroatoms. The van der Waals surface area contributed by atoms with Crippen LogP contribution in [0.3, 0.4) is 0 Å². The fourth-order valence-corrected chi connectivity index (χ4v) is 2.86. The minimum absolute atomic E-state index is 0.421. The summed E-state index contributed by atoms with van der Waals surface area (Å²) in [5.41, 5.74) is 4.17. The zero-order valence-corrected chi connectivity index (χ0v) is 14.2. The van der Waals surface area contributed by atoms with Gasteiger partial charge in [0.2, 0.25) is 0 Å². The molecule has 1 aromatic carbocycles. The highest BCUT2D eigenvalue weighted by Crippen LogP contribution is 2.19. The molecule has 0 aromatic heterocycles. The quantitative estimate of drug-likeness (QED) is 0.770. The summed E-state index contributed by atoms with van der Waals surface area (Å²) < 4.78 is 0. The molecule has 0 heterocycles. The van der Waals surface area contributed by atoms with Crippen molar-refractivity contribution in [3.63, 3.8) is 0 Å². The van der Waals surface area contributed by atoms with Crippen molar-refractivity contribution in [2.24, 2.45) is 0 Å². The summed E-state index contributed by atoms with van der Waals surface area (Å²) in [6, 6.07) is 7.96. The summed E-state index contributed by atoms with van der Waals surface area (Å²) in [7, 11) is 2.25. The maximum atomic E-state index is 3.64. The molecule has 20 heavy (non-hydrogen) atoms. The van der Waals surface area contributed by atoms with E-state index in [0.29, 0.717) is 12.1 Å². The monoisotopic (exact) mass is 276 g/mol. The van der Waals surface area contributed by atoms with Crippen LogP contribution in [0.25, 0.3) is 0 Å². The molecule has 0 radical (unpaired) electrons. The Morgan fingerprint density at radius 3 is 2.20 bits per heavy atom. The Kier molecular flexibility index (Phi) is 7.25. The molecule has 0 aliphatic rings. The van der Waals surface area contributed by atoms with E-state index in [1.165, 1.54) is 29.5 Å². The van der Waals surface area contributed by atoms with Crippen LogP contribution < -0.4 is 5.32 Å². The summed E-state index contributed by atoms with van der Waals surface area (Å²) in [6.45, 7) is 13.2. The molecule has 0 fully saturated rings. The van der Waals surface area contributed by atoms with Gasteiger partial charge in [0.15, 0.2) is 0 Å². The van der Waals surface area contributed by atoms with Crippen molar-refractivity contribution in [1.82, 2.24) is 10.2 Å². The molecular weight excluding hydrogens is 244 g/mol. The third-order valence-electron chi connectivity index (χ3n) is 4.42. The number of hydrogen-bond acceptors (Lipinski definition) is 2. The summed E-state index contributed by atoms with van der Waals surface area (Å²) in [5.74, 6) is 0. The van der Waals surface area contributed by atoms with Crippen LogP contribution in [0, 0.1) is 13.8 Å². The normalized spacial score (nSPS) is 13.2. The van der Waals surface area contributed by atoms with E-state index in [0.717, 1.165) is 13.1 Å². The molecule has 1 atom stereocenters. The second-order valence-electron chi connectivity index (χ2n) is 5.86. The molecule has 1 N–H and O–H groups in total. The SMILES string of the molecule is CCNC(CN(C)C(CC)CC)c1ccc(C)c(C)c1. The second-order valence-corrected chi connectivity index (χ2v) is 5.86. The van der Waals surface area contributed by atoms with E-state index in [2.05, 4.69) is 70.1 Å². The highest BCUT2D eigenvalue weighted by molar-refractivity contribution is 5.31. The van der Waals surface area contributed by atoms with Crippen LogP contribution in [0.5, 0.6) is 0 Å². The minimum Gasteiger partial charge on any atom is -0.309 e. The number of aryl methyl sites for hydroxylation is 2. The largest absolute Gasteiger partial charge is 0.309 e. The predicted octanol–water partition coefficient (Wildman–Crippen LogP) is 4.07. The number of hydrogen-bond donors (Lipinski definition) is 1. The maximum Gasteiger partial charge on any atom is 0.0449 e. The van der Waals surface area contributed by atoms with E-state index in [-0.39, 0.29) is 0 Å². The number of rotatable bonds is 8. The standard InChI is InChI=1S/C18H32N2/c1-7-17(8-2)20(6)13-18(19-9-3)16-11-10-14(4)15(5)12-16/h10-12,17-19H,7-9,13H2,1-6H3. The van der Waals surface area contributed by atoms with Gasteiger partial charge in [-0.3, -0.25) is 0 Å². The van der Waals surface area contributed by atoms with Crippen molar-refractivity contribution in [2.45, 2.75) is 59.5 Å². The molecule has 0 spiro atoms. The van der Waals surface area contributed by atoms with E-state index in [1.54, 1.807) is 0 Å². The van der Waals surface area contributed by atoms with E-state index < -0.39 is 0 Å². The second kappa shape index (κ2) is 8.43. The van der Waals surface area contributed by atoms with Gasteiger partial charge in [-0.1, -0.05) is 39.0 Å². The van der Waals surface area contributed by atoms with Gasteiger partial charge in [-0.05, 0) is 57.0 Å². The summed E-state index contributed by atoms with van der Waals surface area (Å²) in [4.78, 5) is 2.50. The Labute approximate surface area is 125 Å². The van der Waals surface area contributed by atoms with Crippen molar-refractivity contribution in [2.75, 3.05) is 20.1 Å². The number of benzene rings is 1. The average Bonchev–Trinajstić information content (AvgIpc) is 2.43. The minimum atomic E-state index is 0.421. The molecule has 1 unspecified atom stereocenters. The van der Waals surface area contributed by atoms with E-state index in [1.807, 2.05) is 0 Å². The van der Waals surface area contributed by atoms with Crippen LogP contribution in [0.15, 0.2) is 18.2 Å². The molecule has 0 saturated heterocycles. The molecule has 0 aliphatic carbocycles. The third kappa shape index (κ3) is 4.60. The molecule has 0 bridgehead atoms. The molecule has 1 aromatic rings. The van der Waals surface area contributed by atoms with E-state index >= 15 is 0 Å². The maximum absolute atomic E-state index is 3.64. The Hall–Kier alpha value is -0.860. The third-order valence-corrected chi connectivity index (χ3v) is 4.42. The lowest BCUT2D eigenvalue weighted by Crippen LogP contribution is -2.38. The van der Waals surface area contributed by atoms with Gasteiger partial charge in [0.25, 0.3) is 0 Å². The van der Waals surface area contributed by atoms with Gasteiger partial charge in [-0.25, -0.2) is 0 Å². The van der Waals surface area contributed by atoms with Crippen molar-refractivity contribution in [1.29, 1.82) is 0 Å². The highest BCUT2D eigenvalue weighted by atomic mass is 15.1. The van der Waals surface area contributed by atoms with Crippen LogP contribution >= 0.6 is 0 Å². The summed E-state index contributed by atoms with van der Waals surface area (Å²) in [5, 5.41) is 3.64. The molecule has 1 rings (SSSR count). The topological polar surface area (TPSA) is 15.3 Å². The smallest absolute Gasteiger partial charge is 0.0449 e. The molecule has 0 aliphatic heterocycles. The average molecular weight is 276 g/mol. The Morgan fingerprint density at radius 1 is 1.05 bits per heavy atom. The molecular formula is C18H32N2. The lowest BCUT2D eigenvalue weighted by molar-refractivity contribution is 0.206. The first kappa shape index (κ1) is 17.2. The zero-order chi connectivity index (χ0) is 15.1. The predicted molar refractivity (Wildman–Crippen MR) is 89.3 cm³/mol. The molecule has 0 amide bonds. The fraction of sp³-hybridized carbons (Fsp3) is 0.667. The molecule has 0 saturated carbocycles. The number of nitrogens with zero attached hydrogens (tertiary/aromatic N) is 1. The van der Waals surface area contributed by atoms with E-state index in [4.69, 9.17) is 0 Å². The van der Waals surface area contributed by atoms with Gasteiger partial charge >= 0.3 is 0 Å². The van der Waals surface area contributed by atoms with Crippen LogP contribution in [-0.2, 0) is 0 Å². The van der Waals surface area contributed by atoms with Crippen LogP contribution in [0.2, 0.25) is 0 Å². The van der Waals surface area contributed by atoms with Crippen LogP contribution in [-0.4, -0.2) is 31.1 Å². The van der Waals surface area contributed by atoms with Gasteiger partial charge in [-0.2, -0.15) is 0 Å². The van der Waals surface area contributed by atoms with Gasteiger partial charge in [0, 0.05) is 18.6 Å². The van der Waals surface area contributed by atoms with Crippen LogP contribution in [0.4, 0.5) is 0 Å². The highest BCUT2D eigenvalue weighted by Gasteiger charge is 2.17. The zero-order valence-electron chi connectivity index (χ0n) is 14.2. The van der Waals surface area contributed by atoms with Gasteiger partial charge in [-0.15, -0.1) is 0 Å². The van der Waals surface area contributed by atoms with E-state index in [9.17, 15) is 0 Å². The molecule has 2 nitrogen and oxygen atoms in total. The van der Waals surface area contributed by atoms with Crippen molar-refractivity contribution >= 4 is 0 Å². The summed E-state index contributed by atoms with van der Waals surface area (Å²) in [6.07, 6.45) is 2.44. The Bertz CT molecular complexity index is 396. The molecule has 114 valence electrons. The van der Waals surface area contributed by atoms with Crippen molar-refractivity contribution in [3.8, 4) is 0 Å². The first-order chi connectivity index (χ1) is 9.53. The lowest BCUT2D eigenvalue weighted by Gasteiger charge is -2.31. The van der Waals surface area contributed by atoms with Crippen molar-refractivity contribution in [3.05, 3.63) is 34.9 Å². The number of nitrogens with one attached hydrogen (secondary N) is 1. The first-order valence-corrected chi connectivity index (χ1v) is 8.04. The number of likely N-dealkylation sites (N-methyl/N-ethyl adjacent to an activating group) is 2. The van der Waals surface area contributed by atoms with Gasteiger partial charge in [0.05, 0.1) is 0 Å². The Morgan fingerprint density at radius 2 is 1.70 bits per heavy atom. The van der Waals surface area contributed by atoms with Crippen LogP contribution in [0.1, 0.15) is 56.3 Å². The Balaban J connectivity index is 2.85. The van der Waals surface area contributed by atoms with Gasteiger partial charge < -0.3 is 10.2 Å². The summed E-state index contributed by atoms with van der Waals surface area (Å²) >= 11 is 0. The first-order valence-electron chi connectivity index (χ1n) is 8.04. The lowest BCUT2D eigenvalue weighted by atomic mass is 10.00. The fourth-order valence-electron chi connectivity index (χ4n) is 2.86. The van der Waals surface area contributed by atoms with Crippen molar-refractivity contribution < 1.29 is 0 Å². The van der Waals surface area contributed by atoms with Gasteiger partial charge in [0.1, 0.15) is 0 Å².